The van der Waals surface area contributed by atoms with Crippen LogP contribution in [-0.2, 0) is 5.79 Å². The van der Waals surface area contributed by atoms with Crippen molar-refractivity contribution in [2.24, 2.45) is 15.7 Å². The second kappa shape index (κ2) is 9.28. The van der Waals surface area contributed by atoms with E-state index >= 15 is 0 Å². The summed E-state index contributed by atoms with van der Waals surface area (Å²) in [6, 6.07) is 43.2. The molecule has 0 atom stereocenters. The second-order valence-corrected chi connectivity index (χ2v) is 9.71. The van der Waals surface area contributed by atoms with Crippen molar-refractivity contribution < 1.29 is 0 Å². The topological polar surface area (TPSA) is 86.8 Å². The molecule has 0 aliphatic carbocycles. The number of aliphatic imine (C=N–C) groups is 2. The lowest BCUT2D eigenvalue weighted by Crippen LogP contribution is -2.50. The first-order valence-electron chi connectivity index (χ1n) is 12.9. The molecule has 0 radical (unpaired) electrons. The van der Waals surface area contributed by atoms with Gasteiger partial charge in [-0.25, -0.2) is 9.98 Å². The second-order valence-electron chi connectivity index (χ2n) is 9.71. The molecule has 1 aliphatic rings. The van der Waals surface area contributed by atoms with Gasteiger partial charge in [-0.1, -0.05) is 97.1 Å². The fourth-order valence-corrected chi connectivity index (χ4v) is 5.01. The third kappa shape index (κ3) is 4.54. The molecular formula is C33H26N6. The molecule has 6 heteroatoms. The molecule has 0 aromatic heterocycles. The number of hydrogen-bond acceptors (Lipinski definition) is 6. The molecule has 6 nitrogen and oxygen atoms in total. The standard InChI is InChI=1S/C33H26N6/c34-33(28-16-13-22-7-1-4-10-25(22)19-28)38-31(35-29-17-14-23-8-2-5-11-26(23)20-29)37-32(39-33)36-30-18-15-24-9-3-6-12-27(24)21-30/h1-21H,34H2,(H3,35,36,37,38,39). The minimum Gasteiger partial charge on any atom is -0.326 e. The Hall–Kier alpha value is -5.20. The van der Waals surface area contributed by atoms with Gasteiger partial charge < -0.3 is 10.6 Å². The van der Waals surface area contributed by atoms with Crippen molar-refractivity contribution in [1.29, 1.82) is 0 Å². The Labute approximate surface area is 225 Å². The maximum atomic E-state index is 6.95. The van der Waals surface area contributed by atoms with Gasteiger partial charge in [0.2, 0.25) is 17.7 Å². The molecule has 39 heavy (non-hydrogen) atoms. The maximum Gasteiger partial charge on any atom is 0.235 e. The van der Waals surface area contributed by atoms with Crippen molar-refractivity contribution in [3.8, 4) is 0 Å². The van der Waals surface area contributed by atoms with Gasteiger partial charge in [-0.3, -0.25) is 11.1 Å². The molecule has 0 saturated heterocycles. The summed E-state index contributed by atoms with van der Waals surface area (Å²) in [6.45, 7) is 0. The van der Waals surface area contributed by atoms with Gasteiger partial charge in [0.05, 0.1) is 0 Å². The van der Waals surface area contributed by atoms with Gasteiger partial charge in [0, 0.05) is 16.9 Å². The van der Waals surface area contributed by atoms with E-state index in [1.165, 1.54) is 10.8 Å². The SMILES string of the molecule is NC1(c2ccc3ccccc3c2)N=C(Nc2ccc3ccccc3c2)NC(Nc2ccc3ccccc3c2)=N1. The van der Waals surface area contributed by atoms with Crippen LogP contribution in [0.2, 0.25) is 0 Å². The van der Waals surface area contributed by atoms with E-state index in [0.717, 1.165) is 38.5 Å². The summed E-state index contributed by atoms with van der Waals surface area (Å²) in [4.78, 5) is 9.71. The Morgan fingerprint density at radius 3 is 1.38 bits per heavy atom. The van der Waals surface area contributed by atoms with Crippen LogP contribution in [0.15, 0.2) is 137 Å². The number of hydrogen-bond donors (Lipinski definition) is 4. The number of fused-ring (bicyclic) bond motifs is 3. The first-order chi connectivity index (χ1) is 19.1. The molecule has 0 unspecified atom stereocenters. The highest BCUT2D eigenvalue weighted by Crippen LogP contribution is 2.29. The maximum absolute atomic E-state index is 6.95. The summed E-state index contributed by atoms with van der Waals surface area (Å²) in [5, 5.41) is 17.0. The normalized spacial score (nSPS) is 14.5. The summed E-state index contributed by atoms with van der Waals surface area (Å²) in [5.74, 6) is -0.341. The predicted octanol–water partition coefficient (Wildman–Crippen LogP) is 6.75. The van der Waals surface area contributed by atoms with Crippen LogP contribution in [0.3, 0.4) is 0 Å². The summed E-state index contributed by atoms with van der Waals surface area (Å²) in [7, 11) is 0. The van der Waals surface area contributed by atoms with Crippen LogP contribution in [0.25, 0.3) is 32.3 Å². The van der Waals surface area contributed by atoms with Crippen LogP contribution in [0.4, 0.5) is 11.4 Å². The Morgan fingerprint density at radius 2 is 0.897 bits per heavy atom. The Morgan fingerprint density at radius 1 is 0.487 bits per heavy atom. The lowest BCUT2D eigenvalue weighted by atomic mass is 10.0. The van der Waals surface area contributed by atoms with E-state index < -0.39 is 5.79 Å². The van der Waals surface area contributed by atoms with E-state index in [0.29, 0.717) is 11.9 Å². The first kappa shape index (κ1) is 23.0. The fraction of sp³-hybridized carbons (Fsp3) is 0.0303. The van der Waals surface area contributed by atoms with Crippen molar-refractivity contribution in [3.05, 3.63) is 133 Å². The molecule has 0 fully saturated rings. The van der Waals surface area contributed by atoms with Crippen molar-refractivity contribution in [1.82, 2.24) is 5.32 Å². The average molecular weight is 507 g/mol. The first-order valence-corrected chi connectivity index (χ1v) is 12.9. The van der Waals surface area contributed by atoms with E-state index in [1.807, 2.05) is 54.6 Å². The molecule has 0 spiro atoms. The lowest BCUT2D eigenvalue weighted by Gasteiger charge is -2.30. The van der Waals surface area contributed by atoms with Crippen LogP contribution in [0.5, 0.6) is 0 Å². The molecule has 1 aliphatic heterocycles. The van der Waals surface area contributed by atoms with Crippen molar-refractivity contribution in [3.63, 3.8) is 0 Å². The van der Waals surface area contributed by atoms with Gasteiger partial charge in [-0.05, 0) is 62.6 Å². The van der Waals surface area contributed by atoms with Gasteiger partial charge in [-0.15, -0.1) is 0 Å². The van der Waals surface area contributed by atoms with Crippen molar-refractivity contribution >= 4 is 55.6 Å². The average Bonchev–Trinajstić information content (AvgIpc) is 2.96. The lowest BCUT2D eigenvalue weighted by molar-refractivity contribution is 0.487. The van der Waals surface area contributed by atoms with Crippen molar-refractivity contribution in [2.75, 3.05) is 10.6 Å². The minimum atomic E-state index is -1.34. The quantitative estimate of drug-likeness (QED) is 0.214. The molecule has 0 saturated carbocycles. The largest absolute Gasteiger partial charge is 0.326 e. The van der Waals surface area contributed by atoms with Gasteiger partial charge in [0.1, 0.15) is 0 Å². The minimum absolute atomic E-state index is 0.499. The zero-order valence-corrected chi connectivity index (χ0v) is 21.1. The summed E-state index contributed by atoms with van der Waals surface area (Å²) in [6.07, 6.45) is 0. The fourth-order valence-electron chi connectivity index (χ4n) is 5.01. The molecular weight excluding hydrogens is 480 g/mol. The Kier molecular flexibility index (Phi) is 5.46. The monoisotopic (exact) mass is 506 g/mol. The molecule has 6 aromatic carbocycles. The van der Waals surface area contributed by atoms with Gasteiger partial charge in [0.15, 0.2) is 0 Å². The predicted molar refractivity (Wildman–Crippen MR) is 163 cm³/mol. The highest BCUT2D eigenvalue weighted by atomic mass is 15.4. The van der Waals surface area contributed by atoms with Crippen LogP contribution >= 0.6 is 0 Å². The van der Waals surface area contributed by atoms with Crippen LogP contribution in [0, 0.1) is 0 Å². The molecule has 5 N–H and O–H groups in total. The molecule has 7 rings (SSSR count). The number of nitrogens with zero attached hydrogens (tertiary/aromatic N) is 2. The third-order valence-electron chi connectivity index (χ3n) is 7.00. The van der Waals surface area contributed by atoms with Gasteiger partial charge in [0.25, 0.3) is 0 Å². The molecule has 1 heterocycles. The van der Waals surface area contributed by atoms with Crippen LogP contribution in [0.1, 0.15) is 5.56 Å². The molecule has 0 bridgehead atoms. The number of benzene rings is 6. The van der Waals surface area contributed by atoms with Crippen LogP contribution < -0.4 is 21.7 Å². The van der Waals surface area contributed by atoms with E-state index in [4.69, 9.17) is 15.7 Å². The van der Waals surface area contributed by atoms with E-state index in [1.54, 1.807) is 0 Å². The Bertz CT molecular complexity index is 1830. The number of rotatable bonds is 3. The Balaban J connectivity index is 1.28. The molecule has 0 amide bonds. The van der Waals surface area contributed by atoms with E-state index in [-0.39, 0.29) is 0 Å². The molecule has 188 valence electrons. The van der Waals surface area contributed by atoms with Gasteiger partial charge >= 0.3 is 0 Å². The number of guanidine groups is 2. The smallest absolute Gasteiger partial charge is 0.235 e. The van der Waals surface area contributed by atoms with E-state index in [2.05, 4.69) is 88.7 Å². The van der Waals surface area contributed by atoms with Gasteiger partial charge in [-0.2, -0.15) is 0 Å². The number of anilines is 2. The number of nitrogens with two attached hydrogens (primary N) is 1. The summed E-state index contributed by atoms with van der Waals surface area (Å²) < 4.78 is 0. The zero-order valence-electron chi connectivity index (χ0n) is 21.1. The molecule has 6 aromatic rings. The highest BCUT2D eigenvalue weighted by Gasteiger charge is 2.32. The number of nitrogens with one attached hydrogen (secondary N) is 3. The third-order valence-corrected chi connectivity index (χ3v) is 7.00. The highest BCUT2D eigenvalue weighted by molar-refractivity contribution is 6.11. The summed E-state index contributed by atoms with van der Waals surface area (Å²) >= 11 is 0. The van der Waals surface area contributed by atoms with Crippen molar-refractivity contribution in [2.45, 2.75) is 5.79 Å². The zero-order chi connectivity index (χ0) is 26.2. The van der Waals surface area contributed by atoms with Crippen LogP contribution in [-0.4, -0.2) is 11.9 Å². The van der Waals surface area contributed by atoms with E-state index in [9.17, 15) is 0 Å². The summed E-state index contributed by atoms with van der Waals surface area (Å²) in [5.41, 5.74) is 9.53.